The fourth-order valence-electron chi connectivity index (χ4n) is 2.54. The Balaban J connectivity index is 1.68. The average Bonchev–Trinajstić information content (AvgIpc) is 3.23. The molecule has 4 rings (SSSR count). The number of hydrogen-bond donors (Lipinski definition) is 0. The van der Waals surface area contributed by atoms with E-state index in [2.05, 4.69) is 21.2 Å². The van der Waals surface area contributed by atoms with Gasteiger partial charge in [0.05, 0.1) is 0 Å². The Hall–Kier alpha value is -2.44. The Labute approximate surface area is 148 Å². The zero-order valence-corrected chi connectivity index (χ0v) is 14.5. The second kappa shape index (κ2) is 6.22. The summed E-state index contributed by atoms with van der Waals surface area (Å²) in [4.78, 5) is 2.07. The van der Waals surface area contributed by atoms with E-state index < -0.39 is 0 Å². The van der Waals surface area contributed by atoms with E-state index in [-0.39, 0.29) is 0 Å². The second-order valence-corrected chi connectivity index (χ2v) is 6.70. The maximum Gasteiger partial charge on any atom is 0.186 e. The lowest BCUT2D eigenvalue weighted by molar-refractivity contribution is 0.842. The summed E-state index contributed by atoms with van der Waals surface area (Å²) in [6, 6.07) is 13.7. The number of halogens is 1. The highest BCUT2D eigenvalue weighted by atomic mass is 35.5. The normalized spacial score (nSPS) is 11.1. The van der Waals surface area contributed by atoms with E-state index in [0.717, 1.165) is 40.0 Å². The Kier molecular flexibility index (Phi) is 3.92. The van der Waals surface area contributed by atoms with Crippen LogP contribution in [0.15, 0.2) is 53.2 Å². The van der Waals surface area contributed by atoms with Crippen molar-refractivity contribution in [2.45, 2.75) is 6.54 Å². The molecule has 0 aliphatic heterocycles. The minimum absolute atomic E-state index is 0.717. The lowest BCUT2D eigenvalue weighted by atomic mass is 10.2. The van der Waals surface area contributed by atoms with Crippen molar-refractivity contribution in [3.05, 3.63) is 63.8 Å². The first-order valence-electron chi connectivity index (χ1n) is 7.41. The SMILES string of the molecule is CN(Cc1cccc(Cl)c1)c1ccc2nnc(-c3ccsc3)n2n1. The highest BCUT2D eigenvalue weighted by molar-refractivity contribution is 7.08. The fraction of sp³-hybridized carbons (Fsp3) is 0.118. The number of benzene rings is 1. The van der Waals surface area contributed by atoms with Crippen LogP contribution in [-0.4, -0.2) is 26.9 Å². The van der Waals surface area contributed by atoms with Gasteiger partial charge in [-0.3, -0.25) is 0 Å². The van der Waals surface area contributed by atoms with Crippen molar-refractivity contribution in [2.24, 2.45) is 0 Å². The topological polar surface area (TPSA) is 46.3 Å². The van der Waals surface area contributed by atoms with E-state index in [1.165, 1.54) is 0 Å². The third kappa shape index (κ3) is 2.86. The molecule has 1 aromatic carbocycles. The van der Waals surface area contributed by atoms with Gasteiger partial charge in [-0.2, -0.15) is 15.9 Å². The van der Waals surface area contributed by atoms with Crippen LogP contribution >= 0.6 is 22.9 Å². The third-order valence-corrected chi connectivity index (χ3v) is 4.65. The fourth-order valence-corrected chi connectivity index (χ4v) is 3.39. The molecule has 4 aromatic rings. The van der Waals surface area contributed by atoms with Crippen LogP contribution in [0.1, 0.15) is 5.56 Å². The minimum Gasteiger partial charge on any atom is -0.354 e. The van der Waals surface area contributed by atoms with Crippen molar-refractivity contribution >= 4 is 34.4 Å². The highest BCUT2D eigenvalue weighted by Crippen LogP contribution is 2.22. The summed E-state index contributed by atoms with van der Waals surface area (Å²) in [5.74, 6) is 1.60. The summed E-state index contributed by atoms with van der Waals surface area (Å²) in [6.45, 7) is 0.717. The number of hydrogen-bond acceptors (Lipinski definition) is 5. The summed E-state index contributed by atoms with van der Waals surface area (Å²) in [5, 5.41) is 17.9. The van der Waals surface area contributed by atoms with Gasteiger partial charge in [-0.25, -0.2) is 0 Å². The Morgan fingerprint density at radius 2 is 2.08 bits per heavy atom. The zero-order valence-electron chi connectivity index (χ0n) is 12.9. The van der Waals surface area contributed by atoms with E-state index in [4.69, 9.17) is 16.7 Å². The molecule has 0 fully saturated rings. The highest BCUT2D eigenvalue weighted by Gasteiger charge is 2.12. The van der Waals surface area contributed by atoms with Gasteiger partial charge in [-0.15, -0.1) is 15.3 Å². The van der Waals surface area contributed by atoms with Crippen LogP contribution in [0.5, 0.6) is 0 Å². The van der Waals surface area contributed by atoms with Crippen LogP contribution in [0.3, 0.4) is 0 Å². The van der Waals surface area contributed by atoms with E-state index >= 15 is 0 Å². The number of anilines is 1. The number of nitrogens with zero attached hydrogens (tertiary/aromatic N) is 5. The molecule has 0 atom stereocenters. The summed E-state index contributed by atoms with van der Waals surface area (Å²) >= 11 is 7.69. The minimum atomic E-state index is 0.717. The van der Waals surface area contributed by atoms with Crippen molar-refractivity contribution in [3.63, 3.8) is 0 Å². The molecule has 0 spiro atoms. The van der Waals surface area contributed by atoms with Gasteiger partial charge in [0.2, 0.25) is 0 Å². The molecule has 0 N–H and O–H groups in total. The lowest BCUT2D eigenvalue weighted by Crippen LogP contribution is -2.18. The zero-order chi connectivity index (χ0) is 16.5. The van der Waals surface area contributed by atoms with Gasteiger partial charge in [0, 0.05) is 29.6 Å². The van der Waals surface area contributed by atoms with Gasteiger partial charge in [-0.05, 0) is 41.3 Å². The number of fused-ring (bicyclic) bond motifs is 1. The molecule has 0 aliphatic rings. The molecule has 24 heavy (non-hydrogen) atoms. The smallest absolute Gasteiger partial charge is 0.186 e. The monoisotopic (exact) mass is 355 g/mol. The summed E-state index contributed by atoms with van der Waals surface area (Å²) in [7, 11) is 2.00. The van der Waals surface area contributed by atoms with E-state index in [1.54, 1.807) is 15.9 Å². The molecule has 0 aliphatic carbocycles. The van der Waals surface area contributed by atoms with Crippen molar-refractivity contribution in [1.29, 1.82) is 0 Å². The van der Waals surface area contributed by atoms with Crippen LogP contribution < -0.4 is 4.90 Å². The van der Waals surface area contributed by atoms with Crippen LogP contribution in [-0.2, 0) is 6.54 Å². The van der Waals surface area contributed by atoms with Gasteiger partial charge in [-0.1, -0.05) is 23.7 Å². The predicted octanol–water partition coefficient (Wildman–Crippen LogP) is 4.14. The molecule has 0 bridgehead atoms. The van der Waals surface area contributed by atoms with Crippen LogP contribution in [0, 0.1) is 0 Å². The lowest BCUT2D eigenvalue weighted by Gasteiger charge is -2.18. The summed E-state index contributed by atoms with van der Waals surface area (Å²) < 4.78 is 1.78. The van der Waals surface area contributed by atoms with Crippen molar-refractivity contribution in [3.8, 4) is 11.4 Å². The summed E-state index contributed by atoms with van der Waals surface area (Å²) in [5.41, 5.74) is 2.89. The largest absolute Gasteiger partial charge is 0.354 e. The molecular formula is C17H14ClN5S. The maximum absolute atomic E-state index is 6.06. The molecule has 5 nitrogen and oxygen atoms in total. The summed E-state index contributed by atoms with van der Waals surface area (Å²) in [6.07, 6.45) is 0. The maximum atomic E-state index is 6.06. The molecule has 120 valence electrons. The van der Waals surface area contributed by atoms with E-state index in [9.17, 15) is 0 Å². The van der Waals surface area contributed by atoms with Gasteiger partial charge < -0.3 is 4.90 Å². The van der Waals surface area contributed by atoms with E-state index in [1.807, 2.05) is 54.2 Å². The van der Waals surface area contributed by atoms with Gasteiger partial charge in [0.1, 0.15) is 5.82 Å². The molecule has 0 radical (unpaired) electrons. The van der Waals surface area contributed by atoms with Gasteiger partial charge in [0.15, 0.2) is 11.5 Å². The Morgan fingerprint density at radius 1 is 1.17 bits per heavy atom. The van der Waals surface area contributed by atoms with Crippen LogP contribution in [0.2, 0.25) is 5.02 Å². The average molecular weight is 356 g/mol. The first-order valence-corrected chi connectivity index (χ1v) is 8.73. The van der Waals surface area contributed by atoms with Crippen LogP contribution in [0.4, 0.5) is 5.82 Å². The molecule has 0 unspecified atom stereocenters. The Morgan fingerprint density at radius 3 is 2.88 bits per heavy atom. The van der Waals surface area contributed by atoms with Crippen LogP contribution in [0.25, 0.3) is 17.0 Å². The second-order valence-electron chi connectivity index (χ2n) is 5.48. The molecule has 7 heteroatoms. The number of thiophene rings is 1. The van der Waals surface area contributed by atoms with Crippen molar-refractivity contribution in [2.75, 3.05) is 11.9 Å². The standard InChI is InChI=1S/C17H14ClN5S/c1-22(10-12-3-2-4-14(18)9-12)16-6-5-15-19-20-17(23(15)21-16)13-7-8-24-11-13/h2-9,11H,10H2,1H3. The molecular weight excluding hydrogens is 342 g/mol. The first-order chi connectivity index (χ1) is 11.7. The predicted molar refractivity (Wildman–Crippen MR) is 97.7 cm³/mol. The quantitative estimate of drug-likeness (QED) is 0.552. The van der Waals surface area contributed by atoms with Crippen molar-refractivity contribution in [1.82, 2.24) is 19.8 Å². The number of aromatic nitrogens is 4. The Bertz CT molecular complexity index is 980. The van der Waals surface area contributed by atoms with Crippen molar-refractivity contribution < 1.29 is 0 Å². The molecule has 0 amide bonds. The third-order valence-electron chi connectivity index (χ3n) is 3.73. The molecule has 3 aromatic heterocycles. The molecule has 0 saturated heterocycles. The number of rotatable bonds is 4. The molecule has 0 saturated carbocycles. The van der Waals surface area contributed by atoms with Gasteiger partial charge in [0.25, 0.3) is 0 Å². The van der Waals surface area contributed by atoms with E-state index in [0.29, 0.717) is 0 Å². The first kappa shape index (κ1) is 15.1. The molecule has 3 heterocycles. The van der Waals surface area contributed by atoms with Gasteiger partial charge >= 0.3 is 0 Å².